The molecule has 1 atom stereocenters. The van der Waals surface area contributed by atoms with Crippen molar-refractivity contribution in [2.45, 2.75) is 58.3 Å². The molecule has 3 heteroatoms. The molecular weight excluding hydrogens is 238 g/mol. The molecule has 0 heterocycles. The number of benzene rings is 1. The van der Waals surface area contributed by atoms with E-state index in [0.717, 1.165) is 24.0 Å². The Balaban J connectivity index is 3.18. The summed E-state index contributed by atoms with van der Waals surface area (Å²) in [7, 11) is 0. The van der Waals surface area contributed by atoms with E-state index in [-0.39, 0.29) is 5.41 Å². The summed E-state index contributed by atoms with van der Waals surface area (Å²) in [4.78, 5) is 11.5. The molecule has 0 saturated carbocycles. The zero-order valence-electron chi connectivity index (χ0n) is 12.4. The summed E-state index contributed by atoms with van der Waals surface area (Å²) in [6.07, 6.45) is 2.53. The molecule has 0 amide bonds. The van der Waals surface area contributed by atoms with E-state index in [9.17, 15) is 9.90 Å². The lowest BCUT2D eigenvalue weighted by molar-refractivity contribution is -0.139. The van der Waals surface area contributed by atoms with Gasteiger partial charge in [-0.3, -0.25) is 4.79 Å². The molecule has 1 aromatic carbocycles. The smallest absolute Gasteiger partial charge is 0.311 e. The third-order valence-electron chi connectivity index (χ3n) is 3.47. The minimum atomic E-state index is -0.786. The van der Waals surface area contributed by atoms with E-state index < -0.39 is 11.9 Å². The van der Waals surface area contributed by atoms with Gasteiger partial charge in [0.25, 0.3) is 0 Å². The first-order valence-corrected chi connectivity index (χ1v) is 6.90. The minimum Gasteiger partial charge on any atom is -0.481 e. The number of carbonyl (C=O) groups is 1. The number of anilines is 1. The van der Waals surface area contributed by atoms with Crippen molar-refractivity contribution in [2.24, 2.45) is 0 Å². The number of aliphatic carboxylic acids is 1. The molecule has 3 nitrogen and oxygen atoms in total. The first kappa shape index (κ1) is 15.5. The van der Waals surface area contributed by atoms with E-state index in [0.29, 0.717) is 12.1 Å². The molecule has 0 aliphatic rings. The van der Waals surface area contributed by atoms with Gasteiger partial charge in [0.15, 0.2) is 0 Å². The van der Waals surface area contributed by atoms with Gasteiger partial charge in [0.1, 0.15) is 0 Å². The van der Waals surface area contributed by atoms with Gasteiger partial charge in [-0.1, -0.05) is 52.7 Å². The Bertz CT molecular complexity index is 447. The van der Waals surface area contributed by atoms with Crippen LogP contribution in [0.2, 0.25) is 0 Å². The van der Waals surface area contributed by atoms with Crippen LogP contribution in [0.3, 0.4) is 0 Å². The van der Waals surface area contributed by atoms with Gasteiger partial charge in [-0.15, -0.1) is 0 Å². The van der Waals surface area contributed by atoms with Crippen molar-refractivity contribution in [3.63, 3.8) is 0 Å². The van der Waals surface area contributed by atoms with E-state index in [2.05, 4.69) is 27.7 Å². The highest BCUT2D eigenvalue weighted by Crippen LogP contribution is 2.32. The van der Waals surface area contributed by atoms with Crippen LogP contribution in [0.4, 0.5) is 5.69 Å². The molecule has 0 aliphatic carbocycles. The van der Waals surface area contributed by atoms with Crippen molar-refractivity contribution in [2.75, 3.05) is 5.73 Å². The maximum atomic E-state index is 11.5. The summed E-state index contributed by atoms with van der Waals surface area (Å²) in [6.45, 7) is 8.41. The number of nitrogen functional groups attached to an aromatic ring is 1. The maximum absolute atomic E-state index is 11.5. The summed E-state index contributed by atoms with van der Waals surface area (Å²) >= 11 is 0. The third-order valence-corrected chi connectivity index (χ3v) is 3.47. The second-order valence-electron chi connectivity index (χ2n) is 6.13. The SMILES string of the molecule is CCCCC(C(=O)O)c1cc(C(C)(C)C)ccc1N. The number of hydrogen-bond acceptors (Lipinski definition) is 2. The number of nitrogens with two attached hydrogens (primary N) is 1. The van der Waals surface area contributed by atoms with E-state index >= 15 is 0 Å². The Hall–Kier alpha value is -1.51. The van der Waals surface area contributed by atoms with E-state index in [4.69, 9.17) is 5.73 Å². The molecule has 1 aromatic rings. The Labute approximate surface area is 115 Å². The molecule has 0 aliphatic heterocycles. The molecule has 3 N–H and O–H groups in total. The van der Waals surface area contributed by atoms with E-state index in [1.807, 2.05) is 18.2 Å². The number of hydrogen-bond donors (Lipinski definition) is 2. The number of carboxylic acid groups (broad SMARTS) is 1. The predicted octanol–water partition coefficient (Wildman–Crippen LogP) is 3.92. The minimum absolute atomic E-state index is 0.00371. The normalized spacial score (nSPS) is 13.3. The van der Waals surface area contributed by atoms with Gasteiger partial charge < -0.3 is 10.8 Å². The van der Waals surface area contributed by atoms with Crippen LogP contribution >= 0.6 is 0 Å². The first-order valence-electron chi connectivity index (χ1n) is 6.90. The standard InChI is InChI=1S/C16H25NO2/c1-5-6-7-12(15(18)19)13-10-11(16(2,3)4)8-9-14(13)17/h8-10,12H,5-7,17H2,1-4H3,(H,18,19). The van der Waals surface area contributed by atoms with Gasteiger partial charge in [-0.2, -0.15) is 0 Å². The molecule has 0 fully saturated rings. The van der Waals surface area contributed by atoms with E-state index in [1.54, 1.807) is 0 Å². The number of carboxylic acids is 1. The summed E-state index contributed by atoms with van der Waals surface area (Å²) in [5, 5.41) is 9.42. The number of rotatable bonds is 5. The van der Waals surface area contributed by atoms with Crippen LogP contribution in [0.5, 0.6) is 0 Å². The lowest BCUT2D eigenvalue weighted by Crippen LogP contribution is -2.17. The first-order chi connectivity index (χ1) is 8.77. The van der Waals surface area contributed by atoms with Gasteiger partial charge in [-0.05, 0) is 29.0 Å². The van der Waals surface area contributed by atoms with Crippen LogP contribution in [0, 0.1) is 0 Å². The lowest BCUT2D eigenvalue weighted by atomic mass is 9.83. The average molecular weight is 263 g/mol. The highest BCUT2D eigenvalue weighted by atomic mass is 16.4. The van der Waals surface area contributed by atoms with Crippen molar-refractivity contribution in [3.05, 3.63) is 29.3 Å². The largest absolute Gasteiger partial charge is 0.481 e. The van der Waals surface area contributed by atoms with Crippen LogP contribution < -0.4 is 5.73 Å². The monoisotopic (exact) mass is 263 g/mol. The third kappa shape index (κ3) is 3.98. The van der Waals surface area contributed by atoms with Gasteiger partial charge in [0.2, 0.25) is 0 Å². The van der Waals surface area contributed by atoms with Crippen LogP contribution in [0.15, 0.2) is 18.2 Å². The second-order valence-corrected chi connectivity index (χ2v) is 6.13. The predicted molar refractivity (Wildman–Crippen MR) is 79.5 cm³/mol. The molecular formula is C16H25NO2. The average Bonchev–Trinajstić information content (AvgIpc) is 2.29. The van der Waals surface area contributed by atoms with Crippen molar-refractivity contribution in [1.82, 2.24) is 0 Å². The van der Waals surface area contributed by atoms with Crippen molar-refractivity contribution in [3.8, 4) is 0 Å². The van der Waals surface area contributed by atoms with Crippen molar-refractivity contribution >= 4 is 11.7 Å². The van der Waals surface area contributed by atoms with Crippen molar-refractivity contribution in [1.29, 1.82) is 0 Å². The van der Waals surface area contributed by atoms with Crippen LogP contribution in [-0.4, -0.2) is 11.1 Å². The molecule has 0 radical (unpaired) electrons. The zero-order chi connectivity index (χ0) is 14.6. The molecule has 0 aromatic heterocycles. The zero-order valence-corrected chi connectivity index (χ0v) is 12.4. The fraction of sp³-hybridized carbons (Fsp3) is 0.562. The quantitative estimate of drug-likeness (QED) is 0.791. The molecule has 19 heavy (non-hydrogen) atoms. The topological polar surface area (TPSA) is 63.3 Å². The van der Waals surface area contributed by atoms with Crippen LogP contribution in [-0.2, 0) is 10.2 Å². The fourth-order valence-corrected chi connectivity index (χ4v) is 2.16. The van der Waals surface area contributed by atoms with Crippen LogP contribution in [0.1, 0.15) is 64.0 Å². The fourth-order valence-electron chi connectivity index (χ4n) is 2.16. The van der Waals surface area contributed by atoms with Gasteiger partial charge >= 0.3 is 5.97 Å². The summed E-state index contributed by atoms with van der Waals surface area (Å²) in [6, 6.07) is 5.78. The van der Waals surface area contributed by atoms with Gasteiger partial charge in [0.05, 0.1) is 5.92 Å². The second kappa shape index (κ2) is 6.09. The summed E-state index contributed by atoms with van der Waals surface area (Å²) in [5.74, 6) is -1.28. The highest BCUT2D eigenvalue weighted by Gasteiger charge is 2.24. The van der Waals surface area contributed by atoms with Gasteiger partial charge in [-0.25, -0.2) is 0 Å². The highest BCUT2D eigenvalue weighted by molar-refractivity contribution is 5.78. The molecule has 1 unspecified atom stereocenters. The molecule has 0 spiro atoms. The molecule has 0 saturated heterocycles. The van der Waals surface area contributed by atoms with Crippen LogP contribution in [0.25, 0.3) is 0 Å². The molecule has 0 bridgehead atoms. The Morgan fingerprint density at radius 1 is 1.37 bits per heavy atom. The van der Waals surface area contributed by atoms with Gasteiger partial charge in [0, 0.05) is 5.69 Å². The molecule has 1 rings (SSSR count). The van der Waals surface area contributed by atoms with Crippen molar-refractivity contribution < 1.29 is 9.90 Å². The summed E-state index contributed by atoms with van der Waals surface area (Å²) in [5.41, 5.74) is 8.44. The maximum Gasteiger partial charge on any atom is 0.311 e. The Morgan fingerprint density at radius 3 is 2.47 bits per heavy atom. The Morgan fingerprint density at radius 2 is 2.00 bits per heavy atom. The lowest BCUT2D eigenvalue weighted by Gasteiger charge is -2.22. The molecule has 106 valence electrons. The van der Waals surface area contributed by atoms with E-state index in [1.165, 1.54) is 0 Å². The summed E-state index contributed by atoms with van der Waals surface area (Å²) < 4.78 is 0. The Kier molecular flexibility index (Phi) is 4.98. The number of unbranched alkanes of at least 4 members (excludes halogenated alkanes) is 1.